The standard InChI is InChI=1S/C19H18N4OS2/c1-10-11(2)25-18-15(10)19(21-13(4)20-18)26-12(3)16-22-23-17(24-16)14-8-6-5-7-9-14/h5-9,12H,1-4H3/t12-/m1/s1. The van der Waals surface area contributed by atoms with Crippen molar-refractivity contribution in [3.63, 3.8) is 0 Å². The average Bonchev–Trinajstić information content (AvgIpc) is 3.21. The third-order valence-electron chi connectivity index (χ3n) is 4.20. The van der Waals surface area contributed by atoms with Crippen molar-refractivity contribution in [2.75, 3.05) is 0 Å². The minimum absolute atomic E-state index is 0.00271. The number of aryl methyl sites for hydroxylation is 3. The maximum absolute atomic E-state index is 5.90. The zero-order valence-corrected chi connectivity index (χ0v) is 16.6. The Bertz CT molecular complexity index is 1070. The summed E-state index contributed by atoms with van der Waals surface area (Å²) in [4.78, 5) is 11.6. The highest BCUT2D eigenvalue weighted by atomic mass is 32.2. The molecule has 0 bridgehead atoms. The molecule has 3 aromatic heterocycles. The van der Waals surface area contributed by atoms with Gasteiger partial charge in [-0.3, -0.25) is 0 Å². The molecule has 132 valence electrons. The number of thiophene rings is 1. The Morgan fingerprint density at radius 1 is 1.04 bits per heavy atom. The highest BCUT2D eigenvalue weighted by molar-refractivity contribution is 7.99. The van der Waals surface area contributed by atoms with E-state index in [0.29, 0.717) is 11.8 Å². The number of nitrogens with zero attached hydrogens (tertiary/aromatic N) is 4. The zero-order valence-electron chi connectivity index (χ0n) is 15.0. The van der Waals surface area contributed by atoms with Gasteiger partial charge in [0.2, 0.25) is 11.8 Å². The van der Waals surface area contributed by atoms with E-state index >= 15 is 0 Å². The van der Waals surface area contributed by atoms with E-state index in [-0.39, 0.29) is 5.25 Å². The van der Waals surface area contributed by atoms with E-state index in [1.165, 1.54) is 10.4 Å². The Hall–Kier alpha value is -2.25. The molecule has 5 nitrogen and oxygen atoms in total. The molecule has 0 spiro atoms. The lowest BCUT2D eigenvalue weighted by atomic mass is 10.2. The summed E-state index contributed by atoms with van der Waals surface area (Å²) in [5.41, 5.74) is 2.17. The maximum atomic E-state index is 5.90. The molecular formula is C19H18N4OS2. The highest BCUT2D eigenvalue weighted by Crippen LogP contribution is 2.41. The molecule has 0 saturated heterocycles. The number of hydrogen-bond acceptors (Lipinski definition) is 7. The van der Waals surface area contributed by atoms with E-state index in [9.17, 15) is 0 Å². The van der Waals surface area contributed by atoms with E-state index in [1.54, 1.807) is 23.1 Å². The summed E-state index contributed by atoms with van der Waals surface area (Å²) < 4.78 is 5.90. The second kappa shape index (κ2) is 6.81. The fourth-order valence-corrected chi connectivity index (χ4v) is 4.94. The van der Waals surface area contributed by atoms with Crippen LogP contribution in [0.1, 0.15) is 34.3 Å². The zero-order chi connectivity index (χ0) is 18.3. The molecule has 4 aromatic rings. The molecule has 0 saturated carbocycles. The third-order valence-corrected chi connectivity index (χ3v) is 6.38. The lowest BCUT2D eigenvalue weighted by molar-refractivity contribution is 0.509. The molecule has 0 amide bonds. The van der Waals surface area contributed by atoms with Crippen LogP contribution < -0.4 is 0 Å². The Morgan fingerprint density at radius 3 is 2.58 bits per heavy atom. The maximum Gasteiger partial charge on any atom is 0.247 e. The average molecular weight is 383 g/mol. The SMILES string of the molecule is Cc1nc(S[C@H](C)c2nnc(-c3ccccc3)o2)c2c(C)c(C)sc2n1. The topological polar surface area (TPSA) is 64.7 Å². The first-order valence-corrected chi connectivity index (χ1v) is 10.0. The Labute approximate surface area is 159 Å². The van der Waals surface area contributed by atoms with Crippen LogP contribution in [0.5, 0.6) is 0 Å². The molecular weight excluding hydrogens is 364 g/mol. The fourth-order valence-electron chi connectivity index (χ4n) is 2.71. The van der Waals surface area contributed by atoms with Gasteiger partial charge in [0, 0.05) is 15.8 Å². The summed E-state index contributed by atoms with van der Waals surface area (Å²) in [5.74, 6) is 1.92. The molecule has 0 unspecified atom stereocenters. The first-order valence-electron chi connectivity index (χ1n) is 8.32. The van der Waals surface area contributed by atoms with Crippen molar-refractivity contribution in [2.45, 2.75) is 38.0 Å². The van der Waals surface area contributed by atoms with Gasteiger partial charge in [-0.2, -0.15) is 0 Å². The summed E-state index contributed by atoms with van der Waals surface area (Å²) in [5, 5.41) is 10.5. The van der Waals surface area contributed by atoms with Crippen LogP contribution in [-0.4, -0.2) is 20.2 Å². The van der Waals surface area contributed by atoms with Crippen molar-refractivity contribution in [1.29, 1.82) is 0 Å². The van der Waals surface area contributed by atoms with Crippen molar-refractivity contribution in [1.82, 2.24) is 20.2 Å². The molecule has 1 aromatic carbocycles. The lowest BCUT2D eigenvalue weighted by Gasteiger charge is -2.08. The van der Waals surface area contributed by atoms with Gasteiger partial charge >= 0.3 is 0 Å². The van der Waals surface area contributed by atoms with Gasteiger partial charge in [0.05, 0.1) is 5.25 Å². The van der Waals surface area contributed by atoms with E-state index in [1.807, 2.05) is 37.3 Å². The van der Waals surface area contributed by atoms with Gasteiger partial charge in [-0.05, 0) is 45.4 Å². The van der Waals surface area contributed by atoms with Crippen LogP contribution in [0.4, 0.5) is 0 Å². The number of benzene rings is 1. The molecule has 7 heteroatoms. The summed E-state index contributed by atoms with van der Waals surface area (Å²) in [6, 6.07) is 9.81. The minimum atomic E-state index is -0.00271. The smallest absolute Gasteiger partial charge is 0.247 e. The van der Waals surface area contributed by atoms with Crippen LogP contribution in [-0.2, 0) is 0 Å². The Morgan fingerprint density at radius 2 is 1.81 bits per heavy atom. The summed E-state index contributed by atoms with van der Waals surface area (Å²) >= 11 is 3.35. The van der Waals surface area contributed by atoms with Gasteiger partial charge in [-0.1, -0.05) is 30.0 Å². The first kappa shape index (κ1) is 17.2. The van der Waals surface area contributed by atoms with Crippen molar-refractivity contribution >= 4 is 33.3 Å². The number of aromatic nitrogens is 4. The lowest BCUT2D eigenvalue weighted by Crippen LogP contribution is -1.95. The van der Waals surface area contributed by atoms with Crippen molar-refractivity contribution in [3.8, 4) is 11.5 Å². The van der Waals surface area contributed by atoms with Gasteiger partial charge < -0.3 is 4.42 Å². The van der Waals surface area contributed by atoms with Crippen LogP contribution in [0.3, 0.4) is 0 Å². The van der Waals surface area contributed by atoms with Crippen LogP contribution in [0.25, 0.3) is 21.7 Å². The monoisotopic (exact) mass is 382 g/mol. The van der Waals surface area contributed by atoms with Gasteiger partial charge in [0.15, 0.2) is 0 Å². The van der Waals surface area contributed by atoms with Crippen LogP contribution >= 0.6 is 23.1 Å². The second-order valence-corrected chi connectivity index (χ2v) is 8.64. The molecule has 3 heterocycles. The van der Waals surface area contributed by atoms with Gasteiger partial charge in [-0.15, -0.1) is 21.5 Å². The number of fused-ring (bicyclic) bond motifs is 1. The van der Waals surface area contributed by atoms with Crippen molar-refractivity contribution < 1.29 is 4.42 Å². The van der Waals surface area contributed by atoms with Crippen LogP contribution in [0.2, 0.25) is 0 Å². The minimum Gasteiger partial charge on any atom is -0.419 e. The quantitative estimate of drug-likeness (QED) is 0.342. The Balaban J connectivity index is 1.66. The van der Waals surface area contributed by atoms with Gasteiger partial charge in [0.1, 0.15) is 15.7 Å². The summed E-state index contributed by atoms with van der Waals surface area (Å²) in [6.07, 6.45) is 0. The molecule has 0 radical (unpaired) electrons. The van der Waals surface area contributed by atoms with E-state index in [4.69, 9.17) is 4.42 Å². The molecule has 0 aliphatic heterocycles. The Kier molecular flexibility index (Phi) is 4.50. The molecule has 0 aliphatic carbocycles. The molecule has 0 N–H and O–H groups in total. The molecule has 0 aliphatic rings. The fraction of sp³-hybridized carbons (Fsp3) is 0.263. The highest BCUT2D eigenvalue weighted by Gasteiger charge is 2.20. The van der Waals surface area contributed by atoms with Crippen LogP contribution in [0.15, 0.2) is 39.8 Å². The molecule has 1 atom stereocenters. The molecule has 26 heavy (non-hydrogen) atoms. The third kappa shape index (κ3) is 3.12. The largest absolute Gasteiger partial charge is 0.419 e. The predicted molar refractivity (Wildman–Crippen MR) is 106 cm³/mol. The number of hydrogen-bond donors (Lipinski definition) is 0. The summed E-state index contributed by atoms with van der Waals surface area (Å²) in [7, 11) is 0. The van der Waals surface area contributed by atoms with E-state index in [0.717, 1.165) is 26.6 Å². The van der Waals surface area contributed by atoms with Crippen molar-refractivity contribution in [2.24, 2.45) is 0 Å². The van der Waals surface area contributed by atoms with Gasteiger partial charge in [0.25, 0.3) is 0 Å². The first-order chi connectivity index (χ1) is 12.5. The molecule has 0 fully saturated rings. The summed E-state index contributed by atoms with van der Waals surface area (Å²) in [6.45, 7) is 8.24. The number of rotatable bonds is 4. The molecule has 4 rings (SSSR count). The second-order valence-electron chi connectivity index (χ2n) is 6.11. The van der Waals surface area contributed by atoms with E-state index < -0.39 is 0 Å². The van der Waals surface area contributed by atoms with Crippen molar-refractivity contribution in [3.05, 3.63) is 52.5 Å². The van der Waals surface area contributed by atoms with E-state index in [2.05, 4.69) is 40.9 Å². The number of thioether (sulfide) groups is 1. The van der Waals surface area contributed by atoms with Gasteiger partial charge in [-0.25, -0.2) is 9.97 Å². The van der Waals surface area contributed by atoms with Crippen LogP contribution in [0, 0.1) is 20.8 Å². The predicted octanol–water partition coefficient (Wildman–Crippen LogP) is 5.52. The normalized spacial score (nSPS) is 12.6.